The maximum absolute atomic E-state index is 11.3. The first kappa shape index (κ1) is 8.07. The van der Waals surface area contributed by atoms with Crippen LogP contribution in [0.15, 0.2) is 9.85 Å². The molecule has 1 aliphatic rings. The van der Waals surface area contributed by atoms with E-state index in [-0.39, 0.29) is 5.91 Å². The molecule has 12 heavy (non-hydrogen) atoms. The predicted octanol–water partition coefficient (Wildman–Crippen LogP) is 1.63. The summed E-state index contributed by atoms with van der Waals surface area (Å²) in [5, 5.41) is 3.44. The van der Waals surface area contributed by atoms with Crippen molar-refractivity contribution in [3.05, 3.63) is 15.4 Å². The summed E-state index contributed by atoms with van der Waals surface area (Å²) in [6.45, 7) is 1.13. The van der Waals surface area contributed by atoms with Crippen LogP contribution in [0.3, 0.4) is 0 Å². The lowest BCUT2D eigenvalue weighted by Crippen LogP contribution is -2.24. The molecule has 3 nitrogen and oxygen atoms in total. The van der Waals surface area contributed by atoms with Crippen molar-refractivity contribution in [3.8, 4) is 5.06 Å². The highest BCUT2D eigenvalue weighted by atomic mass is 79.9. The first-order valence-corrected chi connectivity index (χ1v) is 5.08. The van der Waals surface area contributed by atoms with Gasteiger partial charge in [-0.25, -0.2) is 0 Å². The number of hydrogen-bond donors (Lipinski definition) is 1. The van der Waals surface area contributed by atoms with Gasteiger partial charge in [0.1, 0.15) is 6.61 Å². The number of hydrogen-bond acceptors (Lipinski definition) is 3. The van der Waals surface area contributed by atoms with Gasteiger partial charge in [0.2, 0.25) is 0 Å². The van der Waals surface area contributed by atoms with Gasteiger partial charge in [0, 0.05) is 0 Å². The van der Waals surface area contributed by atoms with E-state index in [1.165, 1.54) is 11.3 Å². The highest BCUT2D eigenvalue weighted by Gasteiger charge is 2.18. The summed E-state index contributed by atoms with van der Waals surface area (Å²) >= 11 is 4.74. The van der Waals surface area contributed by atoms with Crippen molar-refractivity contribution < 1.29 is 9.53 Å². The van der Waals surface area contributed by atoms with Gasteiger partial charge in [0.15, 0.2) is 5.06 Å². The van der Waals surface area contributed by atoms with Gasteiger partial charge in [0.25, 0.3) is 5.91 Å². The van der Waals surface area contributed by atoms with Crippen molar-refractivity contribution in [2.75, 3.05) is 13.2 Å². The van der Waals surface area contributed by atoms with Crippen molar-refractivity contribution in [2.24, 2.45) is 0 Å². The maximum Gasteiger partial charge on any atom is 0.256 e. The minimum absolute atomic E-state index is 0.0514. The summed E-state index contributed by atoms with van der Waals surface area (Å²) in [5.41, 5.74) is 0.629. The van der Waals surface area contributed by atoms with Gasteiger partial charge in [-0.05, 0) is 22.0 Å². The molecular weight excluding hydrogens is 242 g/mol. The highest BCUT2D eigenvalue weighted by Crippen LogP contribution is 2.34. The Bertz CT molecular complexity index is 323. The molecule has 0 spiro atoms. The molecule has 0 fully saturated rings. The molecule has 1 aromatic heterocycles. The van der Waals surface area contributed by atoms with Crippen molar-refractivity contribution >= 4 is 33.2 Å². The molecule has 0 aliphatic carbocycles. The second-order valence-electron chi connectivity index (χ2n) is 2.36. The van der Waals surface area contributed by atoms with E-state index in [0.717, 1.165) is 3.79 Å². The number of nitrogens with one attached hydrogen (secondary N) is 1. The van der Waals surface area contributed by atoms with Crippen LogP contribution >= 0.6 is 27.3 Å². The van der Waals surface area contributed by atoms with Crippen LogP contribution in [-0.4, -0.2) is 19.1 Å². The molecule has 64 valence electrons. The SMILES string of the molecule is O=C1NCCOc2sc(Br)cc21. The van der Waals surface area contributed by atoms with Crippen LogP contribution in [0.4, 0.5) is 0 Å². The molecule has 0 saturated heterocycles. The van der Waals surface area contributed by atoms with Crippen LogP contribution in [-0.2, 0) is 0 Å². The number of fused-ring (bicyclic) bond motifs is 1. The Labute approximate surface area is 81.9 Å². The van der Waals surface area contributed by atoms with E-state index < -0.39 is 0 Å². The lowest BCUT2D eigenvalue weighted by atomic mass is 10.3. The van der Waals surface area contributed by atoms with Crippen molar-refractivity contribution in [1.29, 1.82) is 0 Å². The molecule has 1 aromatic rings. The minimum atomic E-state index is -0.0514. The fourth-order valence-corrected chi connectivity index (χ4v) is 2.44. The third-order valence-electron chi connectivity index (χ3n) is 1.53. The molecule has 2 rings (SSSR count). The molecule has 0 aromatic carbocycles. The number of rotatable bonds is 0. The molecule has 0 unspecified atom stereocenters. The summed E-state index contributed by atoms with van der Waals surface area (Å²) in [5.74, 6) is -0.0514. The summed E-state index contributed by atoms with van der Waals surface area (Å²) in [4.78, 5) is 11.3. The predicted molar refractivity (Wildman–Crippen MR) is 49.8 cm³/mol. The average Bonchev–Trinajstić information content (AvgIpc) is 2.33. The normalized spacial score (nSPS) is 15.9. The molecule has 0 saturated carbocycles. The van der Waals surface area contributed by atoms with E-state index in [0.29, 0.717) is 23.8 Å². The quantitative estimate of drug-likeness (QED) is 0.757. The highest BCUT2D eigenvalue weighted by molar-refractivity contribution is 9.11. The van der Waals surface area contributed by atoms with Crippen molar-refractivity contribution in [3.63, 3.8) is 0 Å². The fraction of sp³-hybridized carbons (Fsp3) is 0.286. The second kappa shape index (κ2) is 3.06. The smallest absolute Gasteiger partial charge is 0.256 e. The van der Waals surface area contributed by atoms with Gasteiger partial charge < -0.3 is 10.1 Å². The third kappa shape index (κ3) is 1.34. The zero-order valence-corrected chi connectivity index (χ0v) is 8.50. The van der Waals surface area contributed by atoms with E-state index in [2.05, 4.69) is 21.2 Å². The Morgan fingerprint density at radius 2 is 2.50 bits per heavy atom. The van der Waals surface area contributed by atoms with Crippen LogP contribution in [0.25, 0.3) is 0 Å². The summed E-state index contributed by atoms with van der Waals surface area (Å²) in [7, 11) is 0. The minimum Gasteiger partial charge on any atom is -0.481 e. The first-order chi connectivity index (χ1) is 5.77. The topological polar surface area (TPSA) is 38.3 Å². The Kier molecular flexibility index (Phi) is 2.06. The fourth-order valence-electron chi connectivity index (χ4n) is 1.01. The van der Waals surface area contributed by atoms with Gasteiger partial charge in [-0.3, -0.25) is 4.79 Å². The molecule has 1 aliphatic heterocycles. The molecule has 0 bridgehead atoms. The van der Waals surface area contributed by atoms with Crippen LogP contribution in [0, 0.1) is 0 Å². The number of amides is 1. The van der Waals surface area contributed by atoms with E-state index in [1.54, 1.807) is 6.07 Å². The monoisotopic (exact) mass is 247 g/mol. The van der Waals surface area contributed by atoms with Crippen LogP contribution in [0.5, 0.6) is 5.06 Å². The Hall–Kier alpha value is -0.550. The zero-order valence-electron chi connectivity index (χ0n) is 6.09. The number of halogens is 1. The molecule has 1 amide bonds. The van der Waals surface area contributed by atoms with Crippen molar-refractivity contribution in [1.82, 2.24) is 5.32 Å². The largest absolute Gasteiger partial charge is 0.481 e. The Morgan fingerprint density at radius 1 is 1.67 bits per heavy atom. The summed E-state index contributed by atoms with van der Waals surface area (Å²) in [6, 6.07) is 1.78. The standard InChI is InChI=1S/C7H6BrNO2S/c8-5-3-4-6(10)9-1-2-11-7(4)12-5/h3H,1-2H2,(H,9,10). The van der Waals surface area contributed by atoms with Gasteiger partial charge in [-0.15, -0.1) is 0 Å². The number of ether oxygens (including phenoxy) is 1. The molecular formula is C7H6BrNO2S. The first-order valence-electron chi connectivity index (χ1n) is 3.48. The lowest BCUT2D eigenvalue weighted by molar-refractivity contribution is 0.0957. The number of carbonyl (C=O) groups excluding carboxylic acids is 1. The number of thiophene rings is 1. The summed E-state index contributed by atoms with van der Waals surface area (Å²) < 4.78 is 6.27. The second-order valence-corrected chi connectivity index (χ2v) is 4.75. The van der Waals surface area contributed by atoms with Gasteiger partial charge >= 0.3 is 0 Å². The maximum atomic E-state index is 11.3. The van der Waals surface area contributed by atoms with Gasteiger partial charge in [-0.1, -0.05) is 11.3 Å². The third-order valence-corrected chi connectivity index (χ3v) is 3.08. The lowest BCUT2D eigenvalue weighted by Gasteiger charge is -1.96. The average molecular weight is 248 g/mol. The van der Waals surface area contributed by atoms with Gasteiger partial charge in [0.05, 0.1) is 15.9 Å². The molecule has 0 atom stereocenters. The van der Waals surface area contributed by atoms with Crippen LogP contribution in [0.1, 0.15) is 10.4 Å². The van der Waals surface area contributed by atoms with E-state index >= 15 is 0 Å². The number of carbonyl (C=O) groups is 1. The van der Waals surface area contributed by atoms with E-state index in [9.17, 15) is 4.79 Å². The summed E-state index contributed by atoms with van der Waals surface area (Å²) in [6.07, 6.45) is 0. The Morgan fingerprint density at radius 3 is 3.33 bits per heavy atom. The molecule has 1 N–H and O–H groups in total. The molecule has 2 heterocycles. The van der Waals surface area contributed by atoms with Gasteiger partial charge in [-0.2, -0.15) is 0 Å². The van der Waals surface area contributed by atoms with E-state index in [1.807, 2.05) is 0 Å². The van der Waals surface area contributed by atoms with Crippen LogP contribution < -0.4 is 10.1 Å². The Balaban J connectivity index is 2.44. The van der Waals surface area contributed by atoms with Crippen LogP contribution in [0.2, 0.25) is 0 Å². The van der Waals surface area contributed by atoms with E-state index in [4.69, 9.17) is 4.74 Å². The van der Waals surface area contributed by atoms with Crippen molar-refractivity contribution in [2.45, 2.75) is 0 Å². The molecule has 0 radical (unpaired) electrons. The zero-order chi connectivity index (χ0) is 8.55. The molecule has 5 heteroatoms.